The van der Waals surface area contributed by atoms with Crippen molar-refractivity contribution >= 4 is 46.5 Å². The molecule has 2 heterocycles. The molecule has 0 saturated carbocycles. The van der Waals surface area contributed by atoms with Gasteiger partial charge in [-0.3, -0.25) is 4.79 Å². The molecule has 0 radical (unpaired) electrons. The summed E-state index contributed by atoms with van der Waals surface area (Å²) in [6.45, 7) is 0. The SMILES string of the molecule is O=C1NC(=Nc2cccc(C(=O)O)c2)S/C1=C/c1ccc(-c2ccc(C(=O)O)cc2)o1. The minimum atomic E-state index is -1.06. The Kier molecular flexibility index (Phi) is 5.42. The third-order valence-electron chi connectivity index (χ3n) is 4.29. The monoisotopic (exact) mass is 434 g/mol. The molecule has 0 bridgehead atoms. The smallest absolute Gasteiger partial charge is 0.335 e. The highest BCUT2D eigenvalue weighted by Gasteiger charge is 2.24. The van der Waals surface area contributed by atoms with Crippen LogP contribution in [0.5, 0.6) is 0 Å². The Morgan fingerprint density at radius 2 is 1.71 bits per heavy atom. The predicted molar refractivity (Wildman–Crippen MR) is 115 cm³/mol. The van der Waals surface area contributed by atoms with E-state index in [2.05, 4.69) is 10.3 Å². The molecule has 154 valence electrons. The Morgan fingerprint density at radius 3 is 2.42 bits per heavy atom. The molecule has 0 spiro atoms. The zero-order chi connectivity index (χ0) is 22.0. The van der Waals surface area contributed by atoms with E-state index < -0.39 is 11.9 Å². The number of thioether (sulfide) groups is 1. The number of hydrogen-bond donors (Lipinski definition) is 3. The van der Waals surface area contributed by atoms with E-state index in [4.69, 9.17) is 14.6 Å². The maximum Gasteiger partial charge on any atom is 0.335 e. The lowest BCUT2D eigenvalue weighted by Crippen LogP contribution is -2.19. The molecule has 1 aliphatic rings. The molecule has 1 aliphatic heterocycles. The first-order valence-electron chi connectivity index (χ1n) is 8.95. The van der Waals surface area contributed by atoms with E-state index in [0.29, 0.717) is 32.8 Å². The van der Waals surface area contributed by atoms with Crippen LogP contribution in [-0.2, 0) is 4.79 Å². The number of amidine groups is 1. The summed E-state index contributed by atoms with van der Waals surface area (Å²) in [7, 11) is 0. The van der Waals surface area contributed by atoms with Gasteiger partial charge in [-0.15, -0.1) is 0 Å². The second-order valence-corrected chi connectivity index (χ2v) is 7.45. The van der Waals surface area contributed by atoms with Crippen LogP contribution in [0.1, 0.15) is 26.5 Å². The lowest BCUT2D eigenvalue weighted by atomic mass is 10.1. The van der Waals surface area contributed by atoms with Gasteiger partial charge in [-0.1, -0.05) is 18.2 Å². The van der Waals surface area contributed by atoms with Gasteiger partial charge in [0.05, 0.1) is 21.7 Å². The summed E-state index contributed by atoms with van der Waals surface area (Å²) in [4.78, 5) is 39.0. The zero-order valence-corrected chi connectivity index (χ0v) is 16.6. The molecular weight excluding hydrogens is 420 g/mol. The molecule has 0 atom stereocenters. The van der Waals surface area contributed by atoms with Crippen LogP contribution in [0.4, 0.5) is 5.69 Å². The van der Waals surface area contributed by atoms with Crippen LogP contribution in [-0.4, -0.2) is 33.2 Å². The Morgan fingerprint density at radius 1 is 0.968 bits per heavy atom. The average molecular weight is 434 g/mol. The molecule has 8 nitrogen and oxygen atoms in total. The third kappa shape index (κ3) is 4.57. The van der Waals surface area contributed by atoms with Crippen molar-refractivity contribution in [3.8, 4) is 11.3 Å². The molecule has 0 unspecified atom stereocenters. The Hall–Kier alpha value is -4.11. The van der Waals surface area contributed by atoms with Crippen LogP contribution in [0.15, 0.2) is 75.0 Å². The average Bonchev–Trinajstić information content (AvgIpc) is 3.35. The summed E-state index contributed by atoms with van der Waals surface area (Å²) in [6.07, 6.45) is 1.57. The number of aliphatic imine (C=N–C) groups is 1. The molecule has 3 N–H and O–H groups in total. The lowest BCUT2D eigenvalue weighted by molar-refractivity contribution is -0.115. The number of hydrogen-bond acceptors (Lipinski definition) is 6. The predicted octanol–water partition coefficient (Wildman–Crippen LogP) is 4.23. The maximum absolute atomic E-state index is 12.3. The van der Waals surface area contributed by atoms with Crippen molar-refractivity contribution in [2.24, 2.45) is 4.99 Å². The van der Waals surface area contributed by atoms with Gasteiger partial charge < -0.3 is 19.9 Å². The first kappa shape index (κ1) is 20.2. The number of carbonyl (C=O) groups is 3. The lowest BCUT2D eigenvalue weighted by Gasteiger charge is -1.98. The van der Waals surface area contributed by atoms with Gasteiger partial charge >= 0.3 is 11.9 Å². The number of carbonyl (C=O) groups excluding carboxylic acids is 1. The van der Waals surface area contributed by atoms with E-state index in [1.807, 2.05) is 0 Å². The van der Waals surface area contributed by atoms with Crippen molar-refractivity contribution in [3.05, 3.63) is 82.5 Å². The van der Waals surface area contributed by atoms with Crippen LogP contribution >= 0.6 is 11.8 Å². The van der Waals surface area contributed by atoms with E-state index in [9.17, 15) is 14.4 Å². The third-order valence-corrected chi connectivity index (χ3v) is 5.20. The van der Waals surface area contributed by atoms with E-state index in [0.717, 1.165) is 11.8 Å². The van der Waals surface area contributed by atoms with E-state index in [-0.39, 0.29) is 17.0 Å². The van der Waals surface area contributed by atoms with Crippen molar-refractivity contribution < 1.29 is 29.0 Å². The van der Waals surface area contributed by atoms with Gasteiger partial charge in [-0.2, -0.15) is 0 Å². The summed E-state index contributed by atoms with van der Waals surface area (Å²) >= 11 is 1.11. The summed E-state index contributed by atoms with van der Waals surface area (Å²) in [6, 6.07) is 15.8. The summed E-state index contributed by atoms with van der Waals surface area (Å²) in [5, 5.41) is 21.0. The summed E-state index contributed by atoms with van der Waals surface area (Å²) in [5.74, 6) is -1.43. The molecule has 4 rings (SSSR count). The van der Waals surface area contributed by atoms with Gasteiger partial charge in [-0.05, 0) is 54.2 Å². The summed E-state index contributed by atoms with van der Waals surface area (Å²) < 4.78 is 5.75. The molecule has 2 aromatic carbocycles. The number of nitrogens with zero attached hydrogens (tertiary/aromatic N) is 1. The number of carboxylic acids is 2. The van der Waals surface area contributed by atoms with Crippen molar-refractivity contribution in [2.75, 3.05) is 0 Å². The standard InChI is InChI=1S/C22H14N2O6S/c25-19-18(31-22(24-19)23-15-3-1-2-14(10-15)21(28)29)11-16-8-9-17(30-16)12-4-6-13(7-5-12)20(26)27/h1-11H,(H,26,27)(H,28,29)(H,23,24,25)/b18-11+. The number of rotatable bonds is 5. The number of nitrogens with one attached hydrogen (secondary N) is 1. The maximum atomic E-state index is 12.3. The second kappa shape index (κ2) is 8.33. The van der Waals surface area contributed by atoms with Crippen molar-refractivity contribution in [3.63, 3.8) is 0 Å². The van der Waals surface area contributed by atoms with Crippen LogP contribution < -0.4 is 5.32 Å². The van der Waals surface area contributed by atoms with Gasteiger partial charge in [0.15, 0.2) is 5.17 Å². The largest absolute Gasteiger partial charge is 0.478 e. The molecule has 3 aromatic rings. The van der Waals surface area contributed by atoms with Crippen molar-refractivity contribution in [2.45, 2.75) is 0 Å². The van der Waals surface area contributed by atoms with Gasteiger partial charge in [0.25, 0.3) is 5.91 Å². The Balaban J connectivity index is 1.52. The second-order valence-electron chi connectivity index (χ2n) is 6.42. The molecular formula is C22H14N2O6S. The fourth-order valence-corrected chi connectivity index (χ4v) is 3.62. The van der Waals surface area contributed by atoms with E-state index >= 15 is 0 Å². The number of furan rings is 1. The quantitative estimate of drug-likeness (QED) is 0.512. The van der Waals surface area contributed by atoms with Crippen LogP contribution in [0, 0.1) is 0 Å². The summed E-state index contributed by atoms with van der Waals surface area (Å²) in [5.41, 5.74) is 1.40. The number of aromatic carboxylic acids is 2. The first-order chi connectivity index (χ1) is 14.9. The van der Waals surface area contributed by atoms with E-state index in [1.54, 1.807) is 42.5 Å². The van der Waals surface area contributed by atoms with Crippen LogP contribution in [0.25, 0.3) is 17.4 Å². The highest BCUT2D eigenvalue weighted by atomic mass is 32.2. The Labute approximate surface area is 179 Å². The molecule has 9 heteroatoms. The topological polar surface area (TPSA) is 129 Å². The van der Waals surface area contributed by atoms with Crippen LogP contribution in [0.3, 0.4) is 0 Å². The van der Waals surface area contributed by atoms with E-state index in [1.165, 1.54) is 24.3 Å². The fraction of sp³-hybridized carbons (Fsp3) is 0. The minimum Gasteiger partial charge on any atom is -0.478 e. The molecule has 1 fully saturated rings. The molecule has 0 aliphatic carbocycles. The molecule has 31 heavy (non-hydrogen) atoms. The fourth-order valence-electron chi connectivity index (χ4n) is 2.80. The molecule has 1 aromatic heterocycles. The van der Waals surface area contributed by atoms with Crippen LogP contribution in [0.2, 0.25) is 0 Å². The molecule has 1 amide bonds. The number of benzene rings is 2. The highest BCUT2D eigenvalue weighted by Crippen LogP contribution is 2.30. The van der Waals surface area contributed by atoms with Gasteiger partial charge in [-0.25, -0.2) is 14.6 Å². The number of carboxylic acid groups (broad SMARTS) is 2. The van der Waals surface area contributed by atoms with Crippen molar-refractivity contribution in [1.82, 2.24) is 5.32 Å². The van der Waals surface area contributed by atoms with Gasteiger partial charge in [0, 0.05) is 11.6 Å². The minimum absolute atomic E-state index is 0.103. The Bertz CT molecular complexity index is 1260. The highest BCUT2D eigenvalue weighted by molar-refractivity contribution is 8.18. The zero-order valence-electron chi connectivity index (χ0n) is 15.7. The van der Waals surface area contributed by atoms with Gasteiger partial charge in [0.2, 0.25) is 0 Å². The molecule has 1 saturated heterocycles. The van der Waals surface area contributed by atoms with Gasteiger partial charge in [0.1, 0.15) is 11.5 Å². The normalized spacial score (nSPS) is 15.9. The van der Waals surface area contributed by atoms with Crippen molar-refractivity contribution in [1.29, 1.82) is 0 Å². The first-order valence-corrected chi connectivity index (χ1v) is 9.77. The number of amides is 1.